The minimum absolute atomic E-state index is 0.0796. The maximum Gasteiger partial charge on any atom is 0.345 e. The molecule has 19 heavy (non-hydrogen) atoms. The largest absolute Gasteiger partial charge is 0.396 e. The first-order valence-corrected chi connectivity index (χ1v) is 6.48. The van der Waals surface area contributed by atoms with Crippen molar-refractivity contribution in [3.63, 3.8) is 0 Å². The molecule has 0 unspecified atom stereocenters. The van der Waals surface area contributed by atoms with E-state index in [9.17, 15) is 9.59 Å². The van der Waals surface area contributed by atoms with Gasteiger partial charge in [0.1, 0.15) is 0 Å². The topological polar surface area (TPSA) is 95.1 Å². The summed E-state index contributed by atoms with van der Waals surface area (Å²) in [5.74, 6) is -0.0796. The van der Waals surface area contributed by atoms with Gasteiger partial charge in [-0.2, -0.15) is 4.98 Å². The Morgan fingerprint density at radius 2 is 2.05 bits per heavy atom. The van der Waals surface area contributed by atoms with Gasteiger partial charge < -0.3 is 15.4 Å². The van der Waals surface area contributed by atoms with Crippen LogP contribution in [0.5, 0.6) is 0 Å². The Labute approximate surface area is 112 Å². The second kappa shape index (κ2) is 7.68. The van der Waals surface area contributed by atoms with Crippen LogP contribution in [0.15, 0.2) is 4.79 Å². The fourth-order valence-corrected chi connectivity index (χ4v) is 1.88. The van der Waals surface area contributed by atoms with E-state index in [1.54, 1.807) is 13.8 Å². The molecule has 0 radical (unpaired) electrons. The van der Waals surface area contributed by atoms with Gasteiger partial charge in [-0.15, -0.1) is 0 Å². The number of H-pyrrole nitrogens is 1. The first-order valence-electron chi connectivity index (χ1n) is 6.48. The molecule has 1 heterocycles. The van der Waals surface area contributed by atoms with E-state index in [1.807, 2.05) is 0 Å². The number of aliphatic hydroxyl groups is 1. The molecule has 0 fully saturated rings. The van der Waals surface area contributed by atoms with Crippen LogP contribution in [0, 0.1) is 13.8 Å². The molecule has 0 saturated heterocycles. The SMILES string of the molecule is Cc1nc(=O)[nH]c(C)c1CC(=O)NCCCCCO. The Balaban J connectivity index is 2.47. The lowest BCUT2D eigenvalue weighted by Gasteiger charge is -2.09. The number of hydrogen-bond acceptors (Lipinski definition) is 4. The van der Waals surface area contributed by atoms with E-state index in [-0.39, 0.29) is 24.6 Å². The second-order valence-corrected chi connectivity index (χ2v) is 4.54. The van der Waals surface area contributed by atoms with Gasteiger partial charge >= 0.3 is 5.69 Å². The predicted octanol–water partition coefficient (Wildman–Crippen LogP) is 0.208. The number of rotatable bonds is 7. The Bertz CT molecular complexity index is 456. The van der Waals surface area contributed by atoms with Crippen LogP contribution < -0.4 is 11.0 Å². The number of nitrogens with one attached hydrogen (secondary N) is 2. The number of aromatic nitrogens is 2. The molecule has 6 nitrogen and oxygen atoms in total. The molecule has 1 amide bonds. The first kappa shape index (κ1) is 15.4. The minimum Gasteiger partial charge on any atom is -0.396 e. The highest BCUT2D eigenvalue weighted by Crippen LogP contribution is 2.07. The Morgan fingerprint density at radius 3 is 2.68 bits per heavy atom. The molecular formula is C13H21N3O3. The summed E-state index contributed by atoms with van der Waals surface area (Å²) in [7, 11) is 0. The zero-order valence-electron chi connectivity index (χ0n) is 11.5. The number of aryl methyl sites for hydroxylation is 2. The molecule has 0 saturated carbocycles. The van der Waals surface area contributed by atoms with Crippen LogP contribution in [0.25, 0.3) is 0 Å². The van der Waals surface area contributed by atoms with Crippen LogP contribution in [0.3, 0.4) is 0 Å². The third-order valence-electron chi connectivity index (χ3n) is 2.95. The van der Waals surface area contributed by atoms with E-state index in [0.717, 1.165) is 24.8 Å². The van der Waals surface area contributed by atoms with E-state index in [1.165, 1.54) is 0 Å². The summed E-state index contributed by atoms with van der Waals surface area (Å²) in [6.45, 7) is 4.29. The standard InChI is InChI=1S/C13H21N3O3/c1-9-11(10(2)16-13(19)15-9)8-12(18)14-6-4-3-5-7-17/h17H,3-8H2,1-2H3,(H,14,18)(H,15,16,19). The van der Waals surface area contributed by atoms with Crippen molar-refractivity contribution < 1.29 is 9.90 Å². The van der Waals surface area contributed by atoms with Crippen LogP contribution >= 0.6 is 0 Å². The smallest absolute Gasteiger partial charge is 0.345 e. The van der Waals surface area contributed by atoms with Crippen LogP contribution in [0.4, 0.5) is 0 Å². The minimum atomic E-state index is -0.386. The summed E-state index contributed by atoms with van der Waals surface area (Å²) < 4.78 is 0. The molecule has 1 aromatic rings. The Morgan fingerprint density at radius 1 is 1.32 bits per heavy atom. The third-order valence-corrected chi connectivity index (χ3v) is 2.95. The number of aromatic amines is 1. The van der Waals surface area contributed by atoms with Gasteiger partial charge in [-0.3, -0.25) is 4.79 Å². The molecule has 0 aliphatic rings. The number of unbranched alkanes of at least 4 members (excludes halogenated alkanes) is 2. The highest BCUT2D eigenvalue weighted by atomic mass is 16.3. The van der Waals surface area contributed by atoms with Crippen molar-refractivity contribution in [3.05, 3.63) is 27.4 Å². The predicted molar refractivity (Wildman–Crippen MR) is 72.0 cm³/mol. The third kappa shape index (κ3) is 5.21. The van der Waals surface area contributed by atoms with Gasteiger partial charge in [0.05, 0.1) is 6.42 Å². The molecule has 1 rings (SSSR count). The summed E-state index contributed by atoms with van der Waals surface area (Å²) in [6, 6.07) is 0. The average molecular weight is 267 g/mol. The van der Waals surface area contributed by atoms with Crippen molar-refractivity contribution in [1.82, 2.24) is 15.3 Å². The molecular weight excluding hydrogens is 246 g/mol. The number of carbonyl (C=O) groups excluding carboxylic acids is 1. The van der Waals surface area contributed by atoms with Crippen LogP contribution in [-0.4, -0.2) is 34.1 Å². The van der Waals surface area contributed by atoms with Crippen LogP contribution in [0.1, 0.15) is 36.2 Å². The van der Waals surface area contributed by atoms with Crippen molar-refractivity contribution in [1.29, 1.82) is 0 Å². The summed E-state index contributed by atoms with van der Waals surface area (Å²) in [5.41, 5.74) is 1.67. The van der Waals surface area contributed by atoms with Gasteiger partial charge in [-0.25, -0.2) is 4.79 Å². The summed E-state index contributed by atoms with van der Waals surface area (Å²) in [5, 5.41) is 11.4. The van der Waals surface area contributed by atoms with Crippen LogP contribution in [0.2, 0.25) is 0 Å². The highest BCUT2D eigenvalue weighted by Gasteiger charge is 2.10. The van der Waals surface area contributed by atoms with Crippen molar-refractivity contribution >= 4 is 5.91 Å². The molecule has 0 spiro atoms. The van der Waals surface area contributed by atoms with Crippen molar-refractivity contribution in [2.45, 2.75) is 39.5 Å². The molecule has 3 N–H and O–H groups in total. The number of nitrogens with zero attached hydrogens (tertiary/aromatic N) is 1. The molecule has 0 aromatic carbocycles. The lowest BCUT2D eigenvalue weighted by molar-refractivity contribution is -0.120. The van der Waals surface area contributed by atoms with Gasteiger partial charge in [0.2, 0.25) is 5.91 Å². The quantitative estimate of drug-likeness (QED) is 0.615. The molecule has 106 valence electrons. The zero-order chi connectivity index (χ0) is 14.3. The molecule has 6 heteroatoms. The van der Waals surface area contributed by atoms with Gasteiger partial charge in [0, 0.05) is 30.1 Å². The summed E-state index contributed by atoms with van der Waals surface area (Å²) in [4.78, 5) is 29.3. The van der Waals surface area contributed by atoms with Crippen LogP contribution in [-0.2, 0) is 11.2 Å². The van der Waals surface area contributed by atoms with Gasteiger partial charge in [0.25, 0.3) is 0 Å². The number of amides is 1. The van der Waals surface area contributed by atoms with E-state index in [2.05, 4.69) is 15.3 Å². The molecule has 1 aromatic heterocycles. The highest BCUT2D eigenvalue weighted by molar-refractivity contribution is 5.78. The van der Waals surface area contributed by atoms with Gasteiger partial charge in [0.15, 0.2) is 0 Å². The monoisotopic (exact) mass is 267 g/mol. The Kier molecular flexibility index (Phi) is 6.21. The summed E-state index contributed by atoms with van der Waals surface area (Å²) >= 11 is 0. The average Bonchev–Trinajstić information content (AvgIpc) is 2.33. The maximum atomic E-state index is 11.8. The lowest BCUT2D eigenvalue weighted by Crippen LogP contribution is -2.28. The number of carbonyl (C=O) groups is 1. The zero-order valence-corrected chi connectivity index (χ0v) is 11.5. The second-order valence-electron chi connectivity index (χ2n) is 4.54. The fourth-order valence-electron chi connectivity index (χ4n) is 1.88. The van der Waals surface area contributed by atoms with Crippen molar-refractivity contribution in [2.75, 3.05) is 13.2 Å². The van der Waals surface area contributed by atoms with E-state index in [0.29, 0.717) is 17.9 Å². The maximum absolute atomic E-state index is 11.8. The summed E-state index contributed by atoms with van der Waals surface area (Å²) in [6.07, 6.45) is 2.74. The lowest BCUT2D eigenvalue weighted by atomic mass is 10.1. The molecule has 0 aliphatic carbocycles. The molecule has 0 atom stereocenters. The van der Waals surface area contributed by atoms with Gasteiger partial charge in [-0.1, -0.05) is 0 Å². The number of aliphatic hydroxyl groups excluding tert-OH is 1. The van der Waals surface area contributed by atoms with E-state index in [4.69, 9.17) is 5.11 Å². The Hall–Kier alpha value is -1.69. The van der Waals surface area contributed by atoms with E-state index < -0.39 is 0 Å². The van der Waals surface area contributed by atoms with Crippen molar-refractivity contribution in [3.8, 4) is 0 Å². The normalized spacial score (nSPS) is 10.5. The number of hydrogen-bond donors (Lipinski definition) is 3. The van der Waals surface area contributed by atoms with E-state index >= 15 is 0 Å². The molecule has 0 aliphatic heterocycles. The van der Waals surface area contributed by atoms with Crippen molar-refractivity contribution in [2.24, 2.45) is 0 Å². The fraction of sp³-hybridized carbons (Fsp3) is 0.615. The van der Waals surface area contributed by atoms with Gasteiger partial charge in [-0.05, 0) is 33.1 Å². The molecule has 0 bridgehead atoms. The first-order chi connectivity index (χ1) is 9.04.